The van der Waals surface area contributed by atoms with E-state index in [1.165, 1.54) is 0 Å². The van der Waals surface area contributed by atoms with Crippen molar-refractivity contribution < 1.29 is 9.59 Å². The normalized spacial score (nSPS) is 18.2. The number of hydrogen-bond donors (Lipinski definition) is 2. The molecule has 3 rings (SSSR count). The molecule has 0 saturated carbocycles. The van der Waals surface area contributed by atoms with E-state index in [-0.39, 0.29) is 11.8 Å². The first kappa shape index (κ1) is 13.9. The molecule has 0 aliphatic carbocycles. The third-order valence-electron chi connectivity index (χ3n) is 3.92. The first-order valence-electron chi connectivity index (χ1n) is 7.36. The van der Waals surface area contributed by atoms with Gasteiger partial charge >= 0.3 is 0 Å². The van der Waals surface area contributed by atoms with Crippen LogP contribution in [-0.2, 0) is 9.59 Å². The third-order valence-corrected chi connectivity index (χ3v) is 3.92. The van der Waals surface area contributed by atoms with Crippen molar-refractivity contribution in [2.24, 2.45) is 0 Å². The Balaban J connectivity index is 1.62. The first-order chi connectivity index (χ1) is 10.2. The Labute approximate surface area is 124 Å². The number of carbonyl (C=O) groups excluding carboxylic acids is 2. The molecule has 0 atom stereocenters. The van der Waals surface area contributed by atoms with Gasteiger partial charge in [0.15, 0.2) is 0 Å². The minimum Gasteiger partial charge on any atom is -0.360 e. The molecular formula is C15H20N4O2. The van der Waals surface area contributed by atoms with Gasteiger partial charge < -0.3 is 20.4 Å². The lowest BCUT2D eigenvalue weighted by Gasteiger charge is -2.32. The molecule has 6 heteroatoms. The van der Waals surface area contributed by atoms with E-state index >= 15 is 0 Å². The van der Waals surface area contributed by atoms with Gasteiger partial charge in [-0.1, -0.05) is 12.1 Å². The van der Waals surface area contributed by atoms with Crippen molar-refractivity contribution in [2.75, 3.05) is 49.5 Å². The molecule has 0 aromatic heterocycles. The molecule has 112 valence electrons. The van der Waals surface area contributed by atoms with Crippen LogP contribution >= 0.6 is 0 Å². The summed E-state index contributed by atoms with van der Waals surface area (Å²) in [5.74, 6) is 0.142. The standard InChI is InChI=1S/C15H20N4O2/c20-14-11-19(13-4-2-1-3-12(13)17-14)8-5-15(21)18-9-6-16-7-10-18/h1-4,16H,5-11H2,(H,17,20). The largest absolute Gasteiger partial charge is 0.360 e. The van der Waals surface area contributed by atoms with E-state index in [0.717, 1.165) is 37.6 Å². The Morgan fingerprint density at radius 2 is 1.95 bits per heavy atom. The molecular weight excluding hydrogens is 268 g/mol. The summed E-state index contributed by atoms with van der Waals surface area (Å²) in [4.78, 5) is 27.8. The van der Waals surface area contributed by atoms with Crippen molar-refractivity contribution in [3.05, 3.63) is 24.3 Å². The fourth-order valence-electron chi connectivity index (χ4n) is 2.81. The summed E-state index contributed by atoms with van der Waals surface area (Å²) in [6, 6.07) is 7.71. The number of piperazine rings is 1. The van der Waals surface area contributed by atoms with E-state index < -0.39 is 0 Å². The second-order valence-electron chi connectivity index (χ2n) is 5.37. The number of para-hydroxylation sites is 2. The highest BCUT2D eigenvalue weighted by Crippen LogP contribution is 2.28. The molecule has 1 aromatic carbocycles. The average Bonchev–Trinajstić information content (AvgIpc) is 2.53. The minimum atomic E-state index is -0.0247. The SMILES string of the molecule is O=C1CN(CCC(=O)N2CCNCC2)c2ccccc2N1. The molecule has 0 radical (unpaired) electrons. The molecule has 2 N–H and O–H groups in total. The summed E-state index contributed by atoms with van der Waals surface area (Å²) < 4.78 is 0. The van der Waals surface area contributed by atoms with Crippen LogP contribution in [-0.4, -0.2) is 56.0 Å². The predicted molar refractivity (Wildman–Crippen MR) is 81.4 cm³/mol. The minimum absolute atomic E-state index is 0.0247. The highest BCUT2D eigenvalue weighted by molar-refractivity contribution is 6.01. The van der Waals surface area contributed by atoms with E-state index in [9.17, 15) is 9.59 Å². The van der Waals surface area contributed by atoms with E-state index in [2.05, 4.69) is 10.6 Å². The fourth-order valence-corrected chi connectivity index (χ4v) is 2.81. The number of amides is 2. The number of carbonyl (C=O) groups is 2. The van der Waals surface area contributed by atoms with Crippen molar-refractivity contribution in [2.45, 2.75) is 6.42 Å². The maximum atomic E-state index is 12.2. The Hall–Kier alpha value is -2.08. The highest BCUT2D eigenvalue weighted by Gasteiger charge is 2.23. The van der Waals surface area contributed by atoms with E-state index in [1.807, 2.05) is 34.1 Å². The molecule has 2 aliphatic rings. The van der Waals surface area contributed by atoms with E-state index in [4.69, 9.17) is 0 Å². The Morgan fingerprint density at radius 1 is 1.19 bits per heavy atom. The number of benzene rings is 1. The maximum Gasteiger partial charge on any atom is 0.243 e. The molecule has 6 nitrogen and oxygen atoms in total. The quantitative estimate of drug-likeness (QED) is 0.838. The lowest BCUT2D eigenvalue weighted by atomic mass is 10.2. The molecule has 1 fully saturated rings. The molecule has 2 amide bonds. The van der Waals surface area contributed by atoms with Gasteiger partial charge in [0.2, 0.25) is 11.8 Å². The highest BCUT2D eigenvalue weighted by atomic mass is 16.2. The lowest BCUT2D eigenvalue weighted by Crippen LogP contribution is -2.47. The topological polar surface area (TPSA) is 64.7 Å². The van der Waals surface area contributed by atoms with Gasteiger partial charge in [-0.2, -0.15) is 0 Å². The summed E-state index contributed by atoms with van der Waals surface area (Å²) >= 11 is 0. The van der Waals surface area contributed by atoms with Crippen molar-refractivity contribution in [1.82, 2.24) is 10.2 Å². The Bertz CT molecular complexity index is 540. The molecule has 0 unspecified atom stereocenters. The summed E-state index contributed by atoms with van der Waals surface area (Å²) in [5.41, 5.74) is 1.81. The zero-order chi connectivity index (χ0) is 14.7. The second-order valence-corrected chi connectivity index (χ2v) is 5.37. The summed E-state index contributed by atoms with van der Waals surface area (Å²) in [7, 11) is 0. The van der Waals surface area contributed by atoms with Crippen LogP contribution in [0.1, 0.15) is 6.42 Å². The van der Waals surface area contributed by atoms with Crippen molar-refractivity contribution in [3.8, 4) is 0 Å². The van der Waals surface area contributed by atoms with E-state index in [1.54, 1.807) is 0 Å². The van der Waals surface area contributed by atoms with Gasteiger partial charge in [-0.25, -0.2) is 0 Å². The van der Waals surface area contributed by atoms with Gasteiger partial charge in [0.05, 0.1) is 17.9 Å². The number of fused-ring (bicyclic) bond motifs is 1. The van der Waals surface area contributed by atoms with Crippen LogP contribution in [0.15, 0.2) is 24.3 Å². The smallest absolute Gasteiger partial charge is 0.243 e. The number of rotatable bonds is 3. The molecule has 2 heterocycles. The fraction of sp³-hybridized carbons (Fsp3) is 0.467. The van der Waals surface area contributed by atoms with Crippen molar-refractivity contribution in [1.29, 1.82) is 0 Å². The van der Waals surface area contributed by atoms with Crippen molar-refractivity contribution in [3.63, 3.8) is 0 Å². The van der Waals surface area contributed by atoms with Crippen molar-refractivity contribution >= 4 is 23.2 Å². The molecule has 0 bridgehead atoms. The summed E-state index contributed by atoms with van der Waals surface area (Å²) in [6.07, 6.45) is 0.446. The average molecular weight is 288 g/mol. The Morgan fingerprint density at radius 3 is 2.76 bits per heavy atom. The zero-order valence-electron chi connectivity index (χ0n) is 12.0. The van der Waals surface area contributed by atoms with Gasteiger partial charge in [0.25, 0.3) is 0 Å². The van der Waals surface area contributed by atoms with Crippen LogP contribution in [0.25, 0.3) is 0 Å². The van der Waals surface area contributed by atoms with Crippen LogP contribution in [0.5, 0.6) is 0 Å². The van der Waals surface area contributed by atoms with Gasteiger partial charge in [-0.05, 0) is 12.1 Å². The second kappa shape index (κ2) is 6.13. The lowest BCUT2D eigenvalue weighted by molar-refractivity contribution is -0.131. The maximum absolute atomic E-state index is 12.2. The van der Waals surface area contributed by atoms with Gasteiger partial charge in [0, 0.05) is 39.1 Å². The summed E-state index contributed by atoms with van der Waals surface area (Å²) in [6.45, 7) is 4.16. The van der Waals surface area contributed by atoms with Gasteiger partial charge in [0.1, 0.15) is 0 Å². The summed E-state index contributed by atoms with van der Waals surface area (Å²) in [5, 5.41) is 6.09. The third kappa shape index (κ3) is 3.16. The number of nitrogens with one attached hydrogen (secondary N) is 2. The van der Waals surface area contributed by atoms with Crippen LogP contribution in [0.4, 0.5) is 11.4 Å². The molecule has 2 aliphatic heterocycles. The molecule has 21 heavy (non-hydrogen) atoms. The van der Waals surface area contributed by atoms with Crippen LogP contribution in [0, 0.1) is 0 Å². The van der Waals surface area contributed by atoms with Crippen LogP contribution in [0.2, 0.25) is 0 Å². The number of nitrogens with zero attached hydrogens (tertiary/aromatic N) is 2. The predicted octanol–water partition coefficient (Wildman–Crippen LogP) is 0.267. The van der Waals surface area contributed by atoms with Gasteiger partial charge in [-0.3, -0.25) is 9.59 Å². The van der Waals surface area contributed by atoms with Crippen LogP contribution < -0.4 is 15.5 Å². The Kier molecular flexibility index (Phi) is 4.06. The van der Waals surface area contributed by atoms with Crippen LogP contribution in [0.3, 0.4) is 0 Å². The molecule has 1 aromatic rings. The number of anilines is 2. The number of hydrogen-bond acceptors (Lipinski definition) is 4. The van der Waals surface area contributed by atoms with E-state index in [0.29, 0.717) is 19.5 Å². The zero-order valence-corrected chi connectivity index (χ0v) is 12.0. The monoisotopic (exact) mass is 288 g/mol. The first-order valence-corrected chi connectivity index (χ1v) is 7.36. The molecule has 1 saturated heterocycles. The molecule has 0 spiro atoms. The van der Waals surface area contributed by atoms with Gasteiger partial charge in [-0.15, -0.1) is 0 Å².